The topological polar surface area (TPSA) is 78.8 Å². The molecule has 0 saturated heterocycles. The number of benzene rings is 2. The third-order valence-electron chi connectivity index (χ3n) is 6.31. The van der Waals surface area contributed by atoms with Crippen LogP contribution in [0.1, 0.15) is 24.5 Å². The molecule has 1 aliphatic rings. The van der Waals surface area contributed by atoms with E-state index in [0.717, 1.165) is 30.8 Å². The average Bonchev–Trinajstić information content (AvgIpc) is 2.89. The van der Waals surface area contributed by atoms with Gasteiger partial charge in [-0.05, 0) is 41.8 Å². The summed E-state index contributed by atoms with van der Waals surface area (Å²) in [5.74, 6) is -0.267. The molecule has 36 heavy (non-hydrogen) atoms. The van der Waals surface area contributed by atoms with Crippen molar-refractivity contribution in [2.75, 3.05) is 31.1 Å². The standard InChI is InChI=1S/C27H30ClN5O3/c1-21(34)33-14-6-12-30(18-22-7-3-2-4-8-22)15-16-31(19-23-17-24(28)9-10-25(23)33)26(35)20-32-13-5-11-29-27(32)36/h2-5,7-11,13,17H,6,12,14-16,18-20H2,1H3. The number of carbonyl (C=O) groups is 2. The van der Waals surface area contributed by atoms with Crippen molar-refractivity contribution in [2.45, 2.75) is 33.0 Å². The highest BCUT2D eigenvalue weighted by Gasteiger charge is 2.23. The Hall–Kier alpha value is -3.49. The lowest BCUT2D eigenvalue weighted by Crippen LogP contribution is -2.41. The van der Waals surface area contributed by atoms with Crippen molar-refractivity contribution >= 4 is 29.1 Å². The minimum absolute atomic E-state index is 0.0628. The molecule has 0 bridgehead atoms. The van der Waals surface area contributed by atoms with E-state index in [4.69, 9.17) is 11.6 Å². The van der Waals surface area contributed by atoms with Crippen molar-refractivity contribution in [1.82, 2.24) is 19.4 Å². The zero-order valence-electron chi connectivity index (χ0n) is 20.3. The third kappa shape index (κ3) is 6.59. The van der Waals surface area contributed by atoms with E-state index < -0.39 is 5.69 Å². The first-order chi connectivity index (χ1) is 17.4. The molecular weight excluding hydrogens is 478 g/mol. The zero-order chi connectivity index (χ0) is 25.5. The van der Waals surface area contributed by atoms with Gasteiger partial charge in [-0.3, -0.25) is 19.1 Å². The summed E-state index contributed by atoms with van der Waals surface area (Å²) in [6.45, 7) is 4.90. The fourth-order valence-corrected chi connectivity index (χ4v) is 4.66. The zero-order valence-corrected chi connectivity index (χ0v) is 21.1. The molecule has 1 aliphatic heterocycles. The lowest BCUT2D eigenvalue weighted by atomic mass is 10.1. The van der Waals surface area contributed by atoms with E-state index >= 15 is 0 Å². The Morgan fingerprint density at radius 3 is 2.56 bits per heavy atom. The molecule has 8 nitrogen and oxygen atoms in total. The lowest BCUT2D eigenvalue weighted by Gasteiger charge is -2.28. The van der Waals surface area contributed by atoms with E-state index in [0.29, 0.717) is 24.7 Å². The van der Waals surface area contributed by atoms with E-state index in [-0.39, 0.29) is 24.9 Å². The number of amides is 2. The van der Waals surface area contributed by atoms with E-state index in [1.165, 1.54) is 16.3 Å². The maximum absolute atomic E-state index is 13.5. The summed E-state index contributed by atoms with van der Waals surface area (Å²) >= 11 is 6.33. The van der Waals surface area contributed by atoms with Gasteiger partial charge in [0, 0.05) is 69.3 Å². The molecule has 3 aromatic rings. The van der Waals surface area contributed by atoms with E-state index in [9.17, 15) is 14.4 Å². The highest BCUT2D eigenvalue weighted by molar-refractivity contribution is 6.30. The molecule has 2 aromatic carbocycles. The van der Waals surface area contributed by atoms with E-state index in [1.807, 2.05) is 30.3 Å². The number of fused-ring (bicyclic) bond motifs is 1. The van der Waals surface area contributed by atoms with Gasteiger partial charge in [-0.15, -0.1) is 0 Å². The van der Waals surface area contributed by atoms with E-state index in [2.05, 4.69) is 22.0 Å². The molecule has 0 radical (unpaired) electrons. The predicted octanol–water partition coefficient (Wildman–Crippen LogP) is 3.18. The number of anilines is 1. The summed E-state index contributed by atoms with van der Waals surface area (Å²) in [5, 5.41) is 0.536. The molecule has 0 N–H and O–H groups in total. The van der Waals surface area contributed by atoms with Crippen LogP contribution in [0, 0.1) is 0 Å². The summed E-state index contributed by atoms with van der Waals surface area (Å²) < 4.78 is 1.30. The first kappa shape index (κ1) is 25.6. The highest BCUT2D eigenvalue weighted by atomic mass is 35.5. The van der Waals surface area contributed by atoms with Crippen LogP contribution in [0.5, 0.6) is 0 Å². The minimum Gasteiger partial charge on any atom is -0.335 e. The first-order valence-electron chi connectivity index (χ1n) is 12.0. The Morgan fingerprint density at radius 1 is 1.00 bits per heavy atom. The molecule has 0 unspecified atom stereocenters. The monoisotopic (exact) mass is 507 g/mol. The Kier molecular flexibility index (Phi) is 8.51. The number of rotatable bonds is 4. The first-order valence-corrected chi connectivity index (χ1v) is 12.4. The number of aromatic nitrogens is 2. The maximum atomic E-state index is 13.5. The van der Waals surface area contributed by atoms with E-state index in [1.54, 1.807) is 35.1 Å². The van der Waals surface area contributed by atoms with Crippen LogP contribution in [-0.4, -0.2) is 57.3 Å². The second-order valence-electron chi connectivity index (χ2n) is 8.90. The van der Waals surface area contributed by atoms with Gasteiger partial charge in [0.1, 0.15) is 6.54 Å². The van der Waals surface area contributed by atoms with Crippen molar-refractivity contribution < 1.29 is 9.59 Å². The van der Waals surface area contributed by atoms with Crippen molar-refractivity contribution in [1.29, 1.82) is 0 Å². The van der Waals surface area contributed by atoms with Crippen LogP contribution in [0.4, 0.5) is 5.69 Å². The summed E-state index contributed by atoms with van der Waals surface area (Å²) in [7, 11) is 0. The molecule has 9 heteroatoms. The van der Waals surface area contributed by atoms with Crippen LogP contribution in [0.25, 0.3) is 0 Å². The number of hydrogen-bond donors (Lipinski definition) is 0. The van der Waals surface area contributed by atoms with Crippen LogP contribution in [-0.2, 0) is 29.2 Å². The fraction of sp³-hybridized carbons (Fsp3) is 0.333. The van der Waals surface area contributed by atoms with Gasteiger partial charge < -0.3 is 9.80 Å². The summed E-state index contributed by atoms with van der Waals surface area (Å²) in [6, 6.07) is 17.2. The molecule has 0 aliphatic carbocycles. The quantitative estimate of drug-likeness (QED) is 0.542. The fourth-order valence-electron chi connectivity index (χ4n) is 4.47. The number of carbonyl (C=O) groups excluding carboxylic acids is 2. The van der Waals surface area contributed by atoms with Crippen LogP contribution in [0.15, 0.2) is 71.8 Å². The predicted molar refractivity (Wildman–Crippen MR) is 140 cm³/mol. The SMILES string of the molecule is CC(=O)N1CCCN(Cc2ccccc2)CCN(C(=O)Cn2cccnc2=O)Cc2cc(Cl)ccc21. The third-order valence-corrected chi connectivity index (χ3v) is 6.54. The summed E-state index contributed by atoms with van der Waals surface area (Å²) in [5.41, 5.74) is 2.26. The van der Waals surface area contributed by atoms with Gasteiger partial charge in [-0.25, -0.2) is 9.78 Å². The smallest absolute Gasteiger partial charge is 0.335 e. The lowest BCUT2D eigenvalue weighted by molar-refractivity contribution is -0.132. The largest absolute Gasteiger partial charge is 0.347 e. The number of nitrogens with zero attached hydrogens (tertiary/aromatic N) is 5. The molecule has 1 aromatic heterocycles. The van der Waals surface area contributed by atoms with Gasteiger partial charge >= 0.3 is 5.69 Å². The molecular formula is C27H30ClN5O3. The van der Waals surface area contributed by atoms with Crippen molar-refractivity contribution in [3.05, 3.63) is 93.6 Å². The Morgan fingerprint density at radius 2 is 1.81 bits per heavy atom. The van der Waals surface area contributed by atoms with Gasteiger partial charge in [0.05, 0.1) is 0 Å². The molecule has 0 fully saturated rings. The van der Waals surface area contributed by atoms with Crippen LogP contribution < -0.4 is 10.6 Å². The molecule has 188 valence electrons. The van der Waals surface area contributed by atoms with Gasteiger partial charge in [0.25, 0.3) is 0 Å². The van der Waals surface area contributed by atoms with Crippen molar-refractivity contribution in [3.63, 3.8) is 0 Å². The normalized spacial score (nSPS) is 15.2. The number of halogens is 1. The number of hydrogen-bond acceptors (Lipinski definition) is 5. The van der Waals surface area contributed by atoms with Crippen LogP contribution >= 0.6 is 11.6 Å². The van der Waals surface area contributed by atoms with Gasteiger partial charge in [-0.1, -0.05) is 41.9 Å². The molecule has 0 spiro atoms. The summed E-state index contributed by atoms with van der Waals surface area (Å²) in [6.07, 6.45) is 3.75. The molecule has 4 rings (SSSR count). The molecule has 0 atom stereocenters. The highest BCUT2D eigenvalue weighted by Crippen LogP contribution is 2.27. The Bertz CT molecular complexity index is 1260. The van der Waals surface area contributed by atoms with Gasteiger partial charge in [0.15, 0.2) is 0 Å². The molecule has 2 amide bonds. The van der Waals surface area contributed by atoms with Crippen LogP contribution in [0.3, 0.4) is 0 Å². The minimum atomic E-state index is -0.472. The second-order valence-corrected chi connectivity index (χ2v) is 9.34. The van der Waals surface area contributed by atoms with Crippen LogP contribution in [0.2, 0.25) is 5.02 Å². The molecule has 2 heterocycles. The molecule has 0 saturated carbocycles. The Balaban J connectivity index is 1.66. The maximum Gasteiger partial charge on any atom is 0.347 e. The average molecular weight is 508 g/mol. The van der Waals surface area contributed by atoms with Gasteiger partial charge in [-0.2, -0.15) is 0 Å². The summed E-state index contributed by atoms with van der Waals surface area (Å²) in [4.78, 5) is 47.7. The van der Waals surface area contributed by atoms with Gasteiger partial charge in [0.2, 0.25) is 11.8 Å². The van der Waals surface area contributed by atoms with Crippen molar-refractivity contribution in [3.8, 4) is 0 Å². The van der Waals surface area contributed by atoms with Crippen molar-refractivity contribution in [2.24, 2.45) is 0 Å². The second kappa shape index (κ2) is 12.0. The Labute approximate surface area is 215 Å².